The number of thioether (sulfide) groups is 1. The summed E-state index contributed by atoms with van der Waals surface area (Å²) in [5, 5.41) is 13.6. The van der Waals surface area contributed by atoms with Crippen molar-refractivity contribution in [1.29, 1.82) is 0 Å². The molecule has 0 saturated carbocycles. The highest BCUT2D eigenvalue weighted by Gasteiger charge is 2.48. The third-order valence-electron chi connectivity index (χ3n) is 15.4. The molecule has 1 aromatic heterocycles. The van der Waals surface area contributed by atoms with E-state index < -0.39 is 76.5 Å². The highest BCUT2D eigenvalue weighted by molar-refractivity contribution is 7.99. The normalized spacial score (nSPS) is 19.3. The number of halogens is 5. The molecule has 2 atom stereocenters. The first-order valence-corrected chi connectivity index (χ1v) is 31.1. The summed E-state index contributed by atoms with van der Waals surface area (Å²) < 4.78 is 114. The molecule has 9 rings (SSSR count). The van der Waals surface area contributed by atoms with Gasteiger partial charge in [0.05, 0.1) is 22.2 Å². The van der Waals surface area contributed by atoms with Gasteiger partial charge in [-0.25, -0.2) is 21.6 Å². The first-order chi connectivity index (χ1) is 38.5. The second-order valence-corrected chi connectivity index (χ2v) is 26.9. The number of allylic oxidation sites excluding steroid dienone is 1. The number of carbonyl (C=O) groups is 3. The van der Waals surface area contributed by atoms with Crippen LogP contribution in [0.15, 0.2) is 123 Å². The third kappa shape index (κ3) is 15.0. The summed E-state index contributed by atoms with van der Waals surface area (Å²) in [6, 6.07) is 26.8. The molecule has 1 unspecified atom stereocenters. The smallest absolute Gasteiger partial charge is 0.380 e. The molecule has 24 heteroatoms. The Balaban J connectivity index is 0.835. The molecule has 81 heavy (non-hydrogen) atoms. The van der Waals surface area contributed by atoms with Gasteiger partial charge in [-0.3, -0.25) is 29.5 Å². The lowest BCUT2D eigenvalue weighted by atomic mass is 9.73. The first kappa shape index (κ1) is 59.7. The monoisotopic (exact) mass is 1190 g/mol. The van der Waals surface area contributed by atoms with Gasteiger partial charge >= 0.3 is 5.51 Å². The predicted octanol–water partition coefficient (Wildman–Crippen LogP) is 8.77. The number of amides is 3. The number of imide groups is 1. The molecule has 3 aliphatic heterocycles. The Hall–Kier alpha value is -5.95. The van der Waals surface area contributed by atoms with Gasteiger partial charge in [0.15, 0.2) is 0 Å². The minimum Gasteiger partial charge on any atom is -0.380 e. The average molecular weight is 1190 g/mol. The van der Waals surface area contributed by atoms with E-state index in [9.17, 15) is 48.8 Å². The van der Waals surface area contributed by atoms with Gasteiger partial charge in [-0.2, -0.15) is 22.7 Å². The van der Waals surface area contributed by atoms with Crippen molar-refractivity contribution in [2.45, 2.75) is 91.1 Å². The van der Waals surface area contributed by atoms with Crippen LogP contribution in [0.4, 0.5) is 28.9 Å². The lowest BCUT2D eigenvalue weighted by molar-refractivity contribution is -0.134. The maximum atomic E-state index is 14.7. The molecule has 4 heterocycles. The number of aromatic nitrogens is 2. The van der Waals surface area contributed by atoms with Crippen molar-refractivity contribution >= 4 is 77.9 Å². The molecule has 3 N–H and O–H groups in total. The van der Waals surface area contributed by atoms with Crippen molar-refractivity contribution in [3.63, 3.8) is 0 Å². The SMILES string of the molecule is CC1(C)CCC(c2ccc(Cl)cc2)=C(CN2CCN(c3ccc(C(=O)NS(=O)(=O)c4ccc(N[C@H](CCN5CCN(Cc6cc(C7CCC(=O)NC7=O)c(F)nn6)CC5)CSc5ccccc5)c(S(=O)(=O)C(F)(F)F)c4)cc3)CC2)C1. The van der Waals surface area contributed by atoms with Crippen molar-refractivity contribution in [2.75, 3.05) is 81.4 Å². The van der Waals surface area contributed by atoms with Gasteiger partial charge in [-0.15, -0.1) is 16.9 Å². The number of alkyl halides is 3. The highest BCUT2D eigenvalue weighted by atomic mass is 35.5. The molecule has 3 saturated heterocycles. The molecule has 5 aromatic rings. The van der Waals surface area contributed by atoms with Crippen molar-refractivity contribution in [3.8, 4) is 0 Å². The van der Waals surface area contributed by atoms with E-state index in [4.69, 9.17) is 11.6 Å². The number of rotatable bonds is 19. The summed E-state index contributed by atoms with van der Waals surface area (Å²) >= 11 is 7.60. The molecule has 3 amide bonds. The maximum Gasteiger partial charge on any atom is 0.501 e. The number of benzene rings is 4. The van der Waals surface area contributed by atoms with E-state index in [0.717, 1.165) is 61.6 Å². The largest absolute Gasteiger partial charge is 0.501 e. The third-order valence-corrected chi connectivity index (χ3v) is 19.7. The first-order valence-electron chi connectivity index (χ1n) is 26.8. The fourth-order valence-electron chi connectivity index (χ4n) is 10.8. The van der Waals surface area contributed by atoms with Crippen LogP contribution in [0.2, 0.25) is 5.02 Å². The molecule has 1 aliphatic carbocycles. The topological polar surface area (TPSA) is 194 Å². The van der Waals surface area contributed by atoms with E-state index >= 15 is 0 Å². The van der Waals surface area contributed by atoms with Crippen LogP contribution in [-0.4, -0.2) is 142 Å². The van der Waals surface area contributed by atoms with Crippen LogP contribution in [0.3, 0.4) is 0 Å². The van der Waals surface area contributed by atoms with Crippen molar-refractivity contribution in [2.24, 2.45) is 5.41 Å². The summed E-state index contributed by atoms with van der Waals surface area (Å²) in [6.45, 7) is 11.5. The molecular weight excluding hydrogens is 1130 g/mol. The Bertz CT molecular complexity index is 3360. The molecule has 0 radical (unpaired) electrons. The molecule has 0 bridgehead atoms. The van der Waals surface area contributed by atoms with Crippen LogP contribution in [-0.2, 0) is 36.0 Å². The van der Waals surface area contributed by atoms with Gasteiger partial charge in [0.1, 0.15) is 4.90 Å². The minimum absolute atomic E-state index is 0.0352. The van der Waals surface area contributed by atoms with Crippen LogP contribution >= 0.6 is 23.4 Å². The number of hydrogen-bond donors (Lipinski definition) is 3. The van der Waals surface area contributed by atoms with E-state index in [1.807, 2.05) is 47.2 Å². The average Bonchev–Trinajstić information content (AvgIpc) is 3.55. The summed E-state index contributed by atoms with van der Waals surface area (Å²) in [6.07, 6.45) is 3.66. The van der Waals surface area contributed by atoms with Gasteiger partial charge in [0.25, 0.3) is 25.8 Å². The van der Waals surface area contributed by atoms with Crippen LogP contribution in [0.5, 0.6) is 0 Å². The van der Waals surface area contributed by atoms with Crippen molar-refractivity contribution < 1.29 is 48.8 Å². The number of piperidine rings is 1. The number of sulfonamides is 1. The Morgan fingerprint density at radius 3 is 2.17 bits per heavy atom. The van der Waals surface area contributed by atoms with E-state index in [1.54, 1.807) is 12.1 Å². The van der Waals surface area contributed by atoms with Crippen LogP contribution in [0, 0.1) is 11.4 Å². The lowest BCUT2D eigenvalue weighted by Crippen LogP contribution is -2.47. The van der Waals surface area contributed by atoms with Crippen LogP contribution < -0.4 is 20.3 Å². The quantitative estimate of drug-likeness (QED) is 0.0403. The second-order valence-electron chi connectivity index (χ2n) is 21.7. The van der Waals surface area contributed by atoms with E-state index in [-0.39, 0.29) is 35.1 Å². The zero-order chi connectivity index (χ0) is 57.7. The number of hydrogen-bond acceptors (Lipinski definition) is 15. The predicted molar refractivity (Wildman–Crippen MR) is 303 cm³/mol. The van der Waals surface area contributed by atoms with Crippen LogP contribution in [0.1, 0.15) is 85.5 Å². The molecule has 432 valence electrons. The Labute approximate surface area is 479 Å². The van der Waals surface area contributed by atoms with Gasteiger partial charge < -0.3 is 15.1 Å². The standard InChI is InChI=1S/C57H64ClF4N9O7S3/c1-56(2)22-20-47(38-8-12-41(58)13-9-38)40(34-56)35-69-28-30-71(31-29-69)44-14-10-39(11-15-44)54(73)67-81(77,78)46-16-18-50(51(33-46)80(75,76)57(60,61)62)63-42(37-79-45-6-4-3-5-7-45)21-23-68-24-26-70(27-25-68)36-43-32-49(53(59)66-65-43)48-17-19-52(72)64-55(48)74/h3-16,18,32-33,42,48,63H,17,19-31,34-37H2,1-2H3,(H,67,73)(H,64,72,74)/t42-,48?/m1/s1. The van der Waals surface area contributed by atoms with E-state index in [2.05, 4.69) is 66.4 Å². The Kier molecular flexibility index (Phi) is 18.6. The molecule has 4 aromatic carbocycles. The molecule has 0 spiro atoms. The van der Waals surface area contributed by atoms with Crippen molar-refractivity contribution in [1.82, 2.24) is 34.9 Å². The summed E-state index contributed by atoms with van der Waals surface area (Å²) in [7, 11) is -11.1. The summed E-state index contributed by atoms with van der Waals surface area (Å²) in [5.41, 5.74) is -0.767. The number of nitrogens with one attached hydrogen (secondary N) is 3. The fraction of sp³-hybridized carbons (Fsp3) is 0.421. The Morgan fingerprint density at radius 2 is 1.49 bits per heavy atom. The number of sulfone groups is 1. The fourth-order valence-corrected chi connectivity index (χ4v) is 14.0. The lowest BCUT2D eigenvalue weighted by Gasteiger charge is -2.39. The highest BCUT2D eigenvalue weighted by Crippen LogP contribution is 2.43. The molecule has 16 nitrogen and oxygen atoms in total. The number of carbonyl (C=O) groups excluding carboxylic acids is 3. The zero-order valence-corrected chi connectivity index (χ0v) is 48.1. The van der Waals surface area contributed by atoms with Gasteiger partial charge in [0.2, 0.25) is 17.8 Å². The Morgan fingerprint density at radius 1 is 0.827 bits per heavy atom. The van der Waals surface area contributed by atoms with E-state index in [1.165, 1.54) is 46.7 Å². The minimum atomic E-state index is -6.15. The number of anilines is 2. The summed E-state index contributed by atoms with van der Waals surface area (Å²) in [4.78, 5) is 45.2. The maximum absolute atomic E-state index is 14.7. The summed E-state index contributed by atoms with van der Waals surface area (Å²) in [5.74, 6) is -3.54. The molecule has 3 fully saturated rings. The van der Waals surface area contributed by atoms with Crippen LogP contribution in [0.25, 0.3) is 5.57 Å². The second kappa shape index (κ2) is 25.3. The zero-order valence-electron chi connectivity index (χ0n) is 44.9. The van der Waals surface area contributed by atoms with Gasteiger partial charge in [-0.1, -0.05) is 61.4 Å². The van der Waals surface area contributed by atoms with Crippen molar-refractivity contribution in [3.05, 3.63) is 142 Å². The van der Waals surface area contributed by atoms with Gasteiger partial charge in [-0.05, 0) is 121 Å². The van der Waals surface area contributed by atoms with Gasteiger partial charge in [0, 0.05) is 117 Å². The number of nitrogens with zero attached hydrogens (tertiary/aromatic N) is 6. The molecular formula is C57H64ClF4N9O7S3. The molecule has 4 aliphatic rings. The van der Waals surface area contributed by atoms with E-state index in [0.29, 0.717) is 75.6 Å². The number of piperazine rings is 2.